The first-order chi connectivity index (χ1) is 21.2. The van der Waals surface area contributed by atoms with Crippen LogP contribution in [0, 0.1) is 34.5 Å². The second-order valence-corrected chi connectivity index (χ2v) is 11.9. The largest absolute Gasteiger partial charge is 0.337 e. The van der Waals surface area contributed by atoms with Gasteiger partial charge >= 0.3 is 0 Å². The molecule has 3 aromatic carbocycles. The van der Waals surface area contributed by atoms with Crippen molar-refractivity contribution in [2.24, 2.45) is 11.8 Å². The number of aromatic nitrogens is 1. The molecule has 3 unspecified atom stereocenters. The predicted octanol–water partition coefficient (Wildman–Crippen LogP) is 8.93. The first-order valence-electron chi connectivity index (χ1n) is 15.1. The normalized spacial score (nSPS) is 24.0. The monoisotopic (exact) mass is 554 g/mol. The van der Waals surface area contributed by atoms with Crippen molar-refractivity contribution in [2.75, 3.05) is 4.90 Å². The van der Waals surface area contributed by atoms with E-state index in [9.17, 15) is 10.5 Å². The van der Waals surface area contributed by atoms with Gasteiger partial charge in [0, 0.05) is 39.7 Å². The van der Waals surface area contributed by atoms with E-state index in [1.54, 1.807) is 0 Å². The fourth-order valence-electron chi connectivity index (χ4n) is 7.48. The molecule has 43 heavy (non-hydrogen) atoms. The topological polar surface area (TPSA) is 55.8 Å². The Bertz CT molecular complexity index is 2100. The van der Waals surface area contributed by atoms with Crippen LogP contribution in [0.5, 0.6) is 0 Å². The number of rotatable bonds is 3. The lowest BCUT2D eigenvalue weighted by molar-refractivity contribution is 0.540. The summed E-state index contributed by atoms with van der Waals surface area (Å²) >= 11 is 0. The van der Waals surface area contributed by atoms with Crippen LogP contribution in [0.2, 0.25) is 0 Å². The van der Waals surface area contributed by atoms with Crippen LogP contribution in [-0.4, -0.2) is 10.6 Å². The Balaban J connectivity index is 1.25. The van der Waals surface area contributed by atoms with Gasteiger partial charge in [-0.1, -0.05) is 79.8 Å². The van der Waals surface area contributed by atoms with Crippen molar-refractivity contribution in [3.05, 3.63) is 143 Å². The molecular formula is C39H30N4. The number of fused-ring (bicyclic) bond motifs is 6. The molecule has 8 rings (SSSR count). The molecule has 3 aliphatic carbocycles. The van der Waals surface area contributed by atoms with Crippen molar-refractivity contribution in [1.82, 2.24) is 4.57 Å². The fourth-order valence-corrected chi connectivity index (χ4v) is 7.48. The number of benzene rings is 3. The third-order valence-corrected chi connectivity index (χ3v) is 9.56. The number of nitriles is 2. The minimum absolute atomic E-state index is 0.0687. The lowest BCUT2D eigenvalue weighted by Gasteiger charge is -2.37. The number of allylic oxidation sites excluding steroid dienone is 10. The van der Waals surface area contributed by atoms with Crippen LogP contribution >= 0.6 is 0 Å². The summed E-state index contributed by atoms with van der Waals surface area (Å²) < 4.78 is 2.36. The molecule has 4 heteroatoms. The van der Waals surface area contributed by atoms with Crippen molar-refractivity contribution in [3.8, 4) is 12.1 Å². The molecule has 0 saturated heterocycles. The fraction of sp³-hybridized carbons (Fsp3) is 0.179. The summed E-state index contributed by atoms with van der Waals surface area (Å²) in [5, 5.41) is 22.1. The van der Waals surface area contributed by atoms with E-state index in [1.165, 1.54) is 22.6 Å². The molecule has 0 fully saturated rings. The number of hydrogen-bond acceptors (Lipinski definition) is 3. The smallest absolute Gasteiger partial charge is 0.0991 e. The first-order valence-corrected chi connectivity index (χ1v) is 15.1. The van der Waals surface area contributed by atoms with Gasteiger partial charge in [0.2, 0.25) is 0 Å². The highest BCUT2D eigenvalue weighted by atomic mass is 15.2. The summed E-state index contributed by atoms with van der Waals surface area (Å²) in [5.41, 5.74) is 10.2. The molecule has 1 aromatic heterocycles. The molecule has 4 atom stereocenters. The van der Waals surface area contributed by atoms with Gasteiger partial charge in [-0.05, 0) is 72.0 Å². The van der Waals surface area contributed by atoms with Gasteiger partial charge < -0.3 is 9.47 Å². The first kappa shape index (κ1) is 25.4. The molecule has 2 heterocycles. The number of para-hydroxylation sites is 2. The van der Waals surface area contributed by atoms with Crippen LogP contribution in [0.15, 0.2) is 132 Å². The SMILES string of the molecule is C[C@H]1C(N2c3ccccc3C3C=CC=CC32)=CC(C2=CCCC(n3c4ccccc4c4cc(C#N)ccc43)=C2)=CC1C#N. The zero-order chi connectivity index (χ0) is 29.1. The predicted molar refractivity (Wildman–Crippen MR) is 174 cm³/mol. The molecule has 0 radical (unpaired) electrons. The van der Waals surface area contributed by atoms with Crippen LogP contribution in [0.25, 0.3) is 27.5 Å². The van der Waals surface area contributed by atoms with Gasteiger partial charge in [-0.25, -0.2) is 0 Å². The molecule has 4 aliphatic rings. The maximum atomic E-state index is 10.3. The van der Waals surface area contributed by atoms with E-state index in [4.69, 9.17) is 0 Å². The third kappa shape index (κ3) is 3.88. The average molecular weight is 555 g/mol. The van der Waals surface area contributed by atoms with Crippen molar-refractivity contribution < 1.29 is 0 Å². The van der Waals surface area contributed by atoms with Crippen LogP contribution in [0.3, 0.4) is 0 Å². The van der Waals surface area contributed by atoms with Crippen molar-refractivity contribution in [1.29, 1.82) is 10.5 Å². The van der Waals surface area contributed by atoms with Gasteiger partial charge in [-0.2, -0.15) is 10.5 Å². The molecule has 0 N–H and O–H groups in total. The van der Waals surface area contributed by atoms with Gasteiger partial charge in [0.05, 0.1) is 40.7 Å². The van der Waals surface area contributed by atoms with E-state index in [0.29, 0.717) is 11.5 Å². The van der Waals surface area contributed by atoms with E-state index < -0.39 is 0 Å². The summed E-state index contributed by atoms with van der Waals surface area (Å²) in [6.07, 6.45) is 19.9. The van der Waals surface area contributed by atoms with Gasteiger partial charge in [0.15, 0.2) is 0 Å². The van der Waals surface area contributed by atoms with E-state index in [0.717, 1.165) is 45.8 Å². The van der Waals surface area contributed by atoms with Gasteiger partial charge in [0.25, 0.3) is 0 Å². The molecule has 4 nitrogen and oxygen atoms in total. The summed E-state index contributed by atoms with van der Waals surface area (Å²) in [4.78, 5) is 2.48. The van der Waals surface area contributed by atoms with Gasteiger partial charge in [-0.3, -0.25) is 0 Å². The molecule has 0 bridgehead atoms. The molecule has 206 valence electrons. The van der Waals surface area contributed by atoms with Gasteiger partial charge in [0.1, 0.15) is 0 Å². The average Bonchev–Trinajstić information content (AvgIpc) is 3.57. The zero-order valence-electron chi connectivity index (χ0n) is 24.0. The Kier molecular flexibility index (Phi) is 5.85. The maximum absolute atomic E-state index is 10.3. The highest BCUT2D eigenvalue weighted by Crippen LogP contribution is 2.49. The van der Waals surface area contributed by atoms with Crippen LogP contribution in [0.1, 0.15) is 36.8 Å². The van der Waals surface area contributed by atoms with E-state index in [-0.39, 0.29) is 17.9 Å². The van der Waals surface area contributed by atoms with Crippen LogP contribution in [-0.2, 0) is 0 Å². The lowest BCUT2D eigenvalue weighted by atomic mass is 9.81. The molecule has 1 aliphatic heterocycles. The number of hydrogen-bond donors (Lipinski definition) is 0. The Morgan fingerprint density at radius 3 is 2.53 bits per heavy atom. The second kappa shape index (κ2) is 9.90. The standard InChI is InChI=1S/C39H30N4/c1-25-29(24-41)20-28(22-39(25)43-36-15-6-2-11-31(36)32-12-3-7-16-37(32)43)27-9-8-10-30(21-27)42-35-14-5-4-13-33(35)34-19-26(23-40)17-18-38(34)42/h2-7,9,11-22,25,29,31,36H,8,10H2,1H3/t25-,29?,31?,36?/m1/s1. The lowest BCUT2D eigenvalue weighted by Crippen LogP contribution is -2.37. The van der Waals surface area contributed by atoms with E-state index in [1.807, 2.05) is 12.1 Å². The van der Waals surface area contributed by atoms with Crippen LogP contribution in [0.4, 0.5) is 5.69 Å². The quantitative estimate of drug-likeness (QED) is 0.254. The highest BCUT2D eigenvalue weighted by molar-refractivity contribution is 6.10. The van der Waals surface area contributed by atoms with Crippen molar-refractivity contribution in [2.45, 2.75) is 31.7 Å². The Hall–Kier alpha value is -5.32. The molecule has 0 saturated carbocycles. The number of anilines is 1. The van der Waals surface area contributed by atoms with E-state index in [2.05, 4.69) is 132 Å². The van der Waals surface area contributed by atoms with E-state index >= 15 is 0 Å². The maximum Gasteiger partial charge on any atom is 0.0991 e. The highest BCUT2D eigenvalue weighted by Gasteiger charge is 2.41. The van der Waals surface area contributed by atoms with Crippen molar-refractivity contribution in [3.63, 3.8) is 0 Å². The molecule has 0 spiro atoms. The van der Waals surface area contributed by atoms with Crippen molar-refractivity contribution >= 4 is 33.2 Å². The Morgan fingerprint density at radius 1 is 0.837 bits per heavy atom. The zero-order valence-corrected chi connectivity index (χ0v) is 24.0. The summed E-state index contributed by atoms with van der Waals surface area (Å²) in [7, 11) is 0. The summed E-state index contributed by atoms with van der Waals surface area (Å²) in [6, 6.07) is 28.3. The number of nitrogens with zero attached hydrogens (tertiary/aromatic N) is 4. The minimum Gasteiger partial charge on any atom is -0.337 e. The summed E-state index contributed by atoms with van der Waals surface area (Å²) in [6.45, 7) is 2.19. The molecule has 4 aromatic rings. The third-order valence-electron chi connectivity index (χ3n) is 9.56. The molecule has 0 amide bonds. The molecular weight excluding hydrogens is 524 g/mol. The second-order valence-electron chi connectivity index (χ2n) is 11.9. The Morgan fingerprint density at radius 2 is 1.65 bits per heavy atom. The minimum atomic E-state index is -0.221. The van der Waals surface area contributed by atoms with Gasteiger partial charge in [-0.15, -0.1) is 0 Å². The Labute approximate surface area is 251 Å². The van der Waals surface area contributed by atoms with Crippen LogP contribution < -0.4 is 4.90 Å². The summed E-state index contributed by atoms with van der Waals surface area (Å²) in [5.74, 6) is 0.155.